The lowest BCUT2D eigenvalue weighted by Crippen LogP contribution is -2.42. The molecule has 4 N–H and O–H groups in total. The number of nitro benzene ring substituents is 1. The Balaban J connectivity index is 2.25. The molecule has 23 heavy (non-hydrogen) atoms. The van der Waals surface area contributed by atoms with E-state index in [1.165, 1.54) is 12.1 Å². The van der Waals surface area contributed by atoms with Crippen LogP contribution in [0.15, 0.2) is 24.3 Å². The average Bonchev–Trinajstić information content (AvgIpc) is 2.50. The first-order valence-corrected chi connectivity index (χ1v) is 7.27. The molecule has 0 aliphatic heterocycles. The third kappa shape index (κ3) is 6.33. The first-order chi connectivity index (χ1) is 10.7. The fourth-order valence-electron chi connectivity index (χ4n) is 1.68. The summed E-state index contributed by atoms with van der Waals surface area (Å²) in [5.41, 5.74) is 5.25. The third-order valence-electron chi connectivity index (χ3n) is 3.38. The van der Waals surface area contributed by atoms with Gasteiger partial charge in [-0.3, -0.25) is 19.7 Å². The number of nitrogens with two attached hydrogens (primary N) is 1. The van der Waals surface area contributed by atoms with Crippen LogP contribution < -0.4 is 16.4 Å². The van der Waals surface area contributed by atoms with Gasteiger partial charge in [0.25, 0.3) is 5.69 Å². The zero-order valence-electron chi connectivity index (χ0n) is 13.3. The van der Waals surface area contributed by atoms with Crippen LogP contribution in [0.3, 0.4) is 0 Å². The molecule has 126 valence electrons. The smallest absolute Gasteiger partial charge is 0.269 e. The Hall–Kier alpha value is -2.64. The number of hydrogen-bond acceptors (Lipinski definition) is 5. The van der Waals surface area contributed by atoms with Gasteiger partial charge in [0.05, 0.1) is 10.3 Å². The highest BCUT2D eigenvalue weighted by Gasteiger charge is 2.25. The van der Waals surface area contributed by atoms with Crippen LogP contribution >= 0.6 is 0 Å². The summed E-state index contributed by atoms with van der Waals surface area (Å²) in [7, 11) is 0. The minimum absolute atomic E-state index is 0.0343. The van der Waals surface area contributed by atoms with Gasteiger partial charge in [-0.15, -0.1) is 0 Å². The lowest BCUT2D eigenvalue weighted by atomic mass is 9.93. The van der Waals surface area contributed by atoms with Crippen LogP contribution in [0.5, 0.6) is 0 Å². The molecular weight excluding hydrogens is 300 g/mol. The van der Waals surface area contributed by atoms with E-state index in [1.807, 2.05) is 0 Å². The molecule has 0 saturated carbocycles. The van der Waals surface area contributed by atoms with Crippen molar-refractivity contribution in [2.24, 2.45) is 11.1 Å². The number of primary amides is 1. The van der Waals surface area contributed by atoms with Crippen molar-refractivity contribution in [1.29, 1.82) is 0 Å². The number of nitrogens with one attached hydrogen (secondary N) is 2. The SMILES string of the molecule is CC(C)(CNC(=O)CCCNc1ccc([N+](=O)[O-])cc1)C(N)=O. The second kappa shape index (κ2) is 8.11. The maximum atomic E-state index is 11.7. The molecule has 0 aliphatic carbocycles. The summed E-state index contributed by atoms with van der Waals surface area (Å²) >= 11 is 0. The van der Waals surface area contributed by atoms with Gasteiger partial charge in [-0.2, -0.15) is 0 Å². The fraction of sp³-hybridized carbons (Fsp3) is 0.467. The van der Waals surface area contributed by atoms with Gasteiger partial charge >= 0.3 is 0 Å². The Morgan fingerprint density at radius 3 is 2.39 bits per heavy atom. The average molecular weight is 322 g/mol. The fourth-order valence-corrected chi connectivity index (χ4v) is 1.68. The van der Waals surface area contributed by atoms with Crippen LogP contribution in [-0.4, -0.2) is 29.8 Å². The first kappa shape index (κ1) is 18.4. The number of carbonyl (C=O) groups excluding carboxylic acids is 2. The number of rotatable bonds is 9. The summed E-state index contributed by atoms with van der Waals surface area (Å²) in [5.74, 6) is -0.609. The molecule has 0 radical (unpaired) electrons. The van der Waals surface area contributed by atoms with Crippen molar-refractivity contribution in [1.82, 2.24) is 5.32 Å². The molecule has 1 rings (SSSR count). The number of nitro groups is 1. The molecule has 0 heterocycles. The molecule has 0 atom stereocenters. The Morgan fingerprint density at radius 2 is 1.87 bits per heavy atom. The van der Waals surface area contributed by atoms with E-state index >= 15 is 0 Å². The molecule has 0 unspecified atom stereocenters. The van der Waals surface area contributed by atoms with Gasteiger partial charge in [0.2, 0.25) is 11.8 Å². The van der Waals surface area contributed by atoms with Crippen molar-refractivity contribution in [3.8, 4) is 0 Å². The van der Waals surface area contributed by atoms with Gasteiger partial charge in [-0.1, -0.05) is 0 Å². The Morgan fingerprint density at radius 1 is 1.26 bits per heavy atom. The predicted molar refractivity (Wildman–Crippen MR) is 86.8 cm³/mol. The molecule has 1 aromatic carbocycles. The van der Waals surface area contributed by atoms with Gasteiger partial charge < -0.3 is 16.4 Å². The summed E-state index contributed by atoms with van der Waals surface area (Å²) in [4.78, 5) is 32.9. The van der Waals surface area contributed by atoms with Gasteiger partial charge in [0, 0.05) is 37.3 Å². The number of carbonyl (C=O) groups is 2. The molecule has 1 aromatic rings. The van der Waals surface area contributed by atoms with Crippen molar-refractivity contribution in [3.63, 3.8) is 0 Å². The van der Waals surface area contributed by atoms with Crippen LogP contribution in [0.1, 0.15) is 26.7 Å². The third-order valence-corrected chi connectivity index (χ3v) is 3.38. The largest absolute Gasteiger partial charge is 0.385 e. The second-order valence-corrected chi connectivity index (χ2v) is 5.86. The Bertz CT molecular complexity index is 569. The summed E-state index contributed by atoms with van der Waals surface area (Å²) in [6, 6.07) is 6.07. The van der Waals surface area contributed by atoms with Crippen LogP contribution in [0.2, 0.25) is 0 Å². The van der Waals surface area contributed by atoms with E-state index in [0.29, 0.717) is 19.4 Å². The summed E-state index contributed by atoms with van der Waals surface area (Å²) in [6.07, 6.45) is 0.911. The van der Waals surface area contributed by atoms with Crippen molar-refractivity contribution in [2.45, 2.75) is 26.7 Å². The number of nitrogens with zero attached hydrogens (tertiary/aromatic N) is 1. The second-order valence-electron chi connectivity index (χ2n) is 5.86. The highest BCUT2D eigenvalue weighted by atomic mass is 16.6. The van der Waals surface area contributed by atoms with E-state index in [9.17, 15) is 19.7 Å². The topological polar surface area (TPSA) is 127 Å². The van der Waals surface area contributed by atoms with Gasteiger partial charge in [0.1, 0.15) is 0 Å². The van der Waals surface area contributed by atoms with E-state index in [-0.39, 0.29) is 18.1 Å². The molecule has 0 fully saturated rings. The van der Waals surface area contributed by atoms with Gasteiger partial charge in [0.15, 0.2) is 0 Å². The van der Waals surface area contributed by atoms with E-state index in [2.05, 4.69) is 10.6 Å². The zero-order chi connectivity index (χ0) is 17.5. The van der Waals surface area contributed by atoms with Crippen molar-refractivity contribution in [2.75, 3.05) is 18.4 Å². The van der Waals surface area contributed by atoms with E-state index in [4.69, 9.17) is 5.73 Å². The quantitative estimate of drug-likeness (QED) is 0.360. The maximum absolute atomic E-state index is 11.7. The van der Waals surface area contributed by atoms with Crippen LogP contribution in [-0.2, 0) is 9.59 Å². The minimum atomic E-state index is -0.771. The number of benzene rings is 1. The molecule has 8 heteroatoms. The lowest BCUT2D eigenvalue weighted by molar-refractivity contribution is -0.384. The predicted octanol–water partition coefficient (Wildman–Crippen LogP) is 1.41. The maximum Gasteiger partial charge on any atom is 0.269 e. The molecule has 2 amide bonds. The molecule has 8 nitrogen and oxygen atoms in total. The minimum Gasteiger partial charge on any atom is -0.385 e. The summed E-state index contributed by atoms with van der Waals surface area (Å²) in [6.45, 7) is 4.11. The van der Waals surface area contributed by atoms with Crippen LogP contribution in [0.25, 0.3) is 0 Å². The van der Waals surface area contributed by atoms with E-state index in [0.717, 1.165) is 5.69 Å². The van der Waals surface area contributed by atoms with Gasteiger partial charge in [-0.25, -0.2) is 0 Å². The van der Waals surface area contributed by atoms with Crippen molar-refractivity contribution >= 4 is 23.2 Å². The number of anilines is 1. The number of non-ortho nitro benzene ring substituents is 1. The van der Waals surface area contributed by atoms with Crippen LogP contribution in [0, 0.1) is 15.5 Å². The van der Waals surface area contributed by atoms with Gasteiger partial charge in [-0.05, 0) is 32.4 Å². The molecule has 0 aliphatic rings. The number of hydrogen-bond donors (Lipinski definition) is 3. The zero-order valence-corrected chi connectivity index (χ0v) is 13.3. The molecule has 0 saturated heterocycles. The first-order valence-electron chi connectivity index (χ1n) is 7.27. The summed E-state index contributed by atoms with van der Waals surface area (Å²) in [5, 5.41) is 16.3. The lowest BCUT2D eigenvalue weighted by Gasteiger charge is -2.20. The Labute approximate surface area is 134 Å². The van der Waals surface area contributed by atoms with Crippen molar-refractivity contribution < 1.29 is 14.5 Å². The summed E-state index contributed by atoms with van der Waals surface area (Å²) < 4.78 is 0. The highest BCUT2D eigenvalue weighted by Crippen LogP contribution is 2.15. The number of amides is 2. The van der Waals surface area contributed by atoms with E-state index in [1.54, 1.807) is 26.0 Å². The molecule has 0 spiro atoms. The Kier molecular flexibility index (Phi) is 6.49. The monoisotopic (exact) mass is 322 g/mol. The standard InChI is InChI=1S/C15H22N4O4/c1-15(2,14(16)21)10-18-13(20)4-3-9-17-11-5-7-12(8-6-11)19(22)23/h5-8,17H,3-4,9-10H2,1-2H3,(H2,16,21)(H,18,20). The van der Waals surface area contributed by atoms with E-state index < -0.39 is 16.2 Å². The van der Waals surface area contributed by atoms with Crippen molar-refractivity contribution in [3.05, 3.63) is 34.4 Å². The normalized spacial score (nSPS) is 10.9. The molecular formula is C15H22N4O4. The van der Waals surface area contributed by atoms with Crippen LogP contribution in [0.4, 0.5) is 11.4 Å². The highest BCUT2D eigenvalue weighted by molar-refractivity contribution is 5.82. The molecule has 0 bridgehead atoms. The molecule has 0 aromatic heterocycles.